The van der Waals surface area contributed by atoms with Crippen LogP contribution < -0.4 is 83.5 Å². The zero-order chi connectivity index (χ0) is 88.6. The van der Waals surface area contributed by atoms with E-state index >= 15 is 0 Å². The number of unbranched alkanes of at least 4 members (excludes halogenated alkanes) is 6. The third kappa shape index (κ3) is 31.0. The number of hydroxylamine groups is 2. The van der Waals surface area contributed by atoms with Gasteiger partial charge in [0.05, 0.1) is 43.9 Å². The van der Waals surface area contributed by atoms with E-state index in [1.54, 1.807) is 185 Å². The third-order valence-electron chi connectivity index (χ3n) is 18.6. The molecule has 0 unspecified atom stereocenters. The number of carbonyl (C=O) groups excluding carboxylic acids is 7. The van der Waals surface area contributed by atoms with E-state index in [-0.39, 0.29) is 38.9 Å². The van der Waals surface area contributed by atoms with Crippen molar-refractivity contribution in [3.63, 3.8) is 0 Å². The lowest BCUT2D eigenvalue weighted by Gasteiger charge is -2.17. The van der Waals surface area contributed by atoms with E-state index in [9.17, 15) is 58.8 Å². The van der Waals surface area contributed by atoms with Gasteiger partial charge in [0.1, 0.15) is 11.4 Å². The number of hydrogen-bond donors (Lipinski definition) is 15. The minimum atomic E-state index is -4.04. The number of hydrazine groups is 3. The summed E-state index contributed by atoms with van der Waals surface area (Å²) in [6, 6.07) is 54.1. The van der Waals surface area contributed by atoms with E-state index in [4.69, 9.17) is 21.3 Å². The molecule has 0 aliphatic heterocycles. The zero-order valence-electron chi connectivity index (χ0n) is 68.8. The van der Waals surface area contributed by atoms with Crippen molar-refractivity contribution in [3.05, 3.63) is 268 Å². The number of alkyl halides is 1. The van der Waals surface area contributed by atoms with Crippen LogP contribution in [0.25, 0.3) is 11.1 Å². The van der Waals surface area contributed by atoms with Gasteiger partial charge in [-0.1, -0.05) is 62.1 Å². The van der Waals surface area contributed by atoms with E-state index in [0.29, 0.717) is 131 Å². The van der Waals surface area contributed by atoms with Gasteiger partial charge in [0.25, 0.3) is 47.8 Å². The number of carbonyl (C=O) groups is 7. The Morgan fingerprint density at radius 3 is 1.34 bits per heavy atom. The van der Waals surface area contributed by atoms with Gasteiger partial charge in [-0.25, -0.2) is 36.2 Å². The largest absolute Gasteiger partial charge is 0.352 e. The van der Waals surface area contributed by atoms with Gasteiger partial charge < -0.3 is 26.1 Å². The molecule has 2 aromatic heterocycles. The van der Waals surface area contributed by atoms with Crippen LogP contribution in [0.5, 0.6) is 0 Å². The van der Waals surface area contributed by atoms with Crippen LogP contribution in [-0.4, -0.2) is 105 Å². The van der Waals surface area contributed by atoms with Crippen LogP contribution in [0.3, 0.4) is 0 Å². The quantitative estimate of drug-likeness (QED) is 0.00421. The number of anilines is 8. The van der Waals surface area contributed by atoms with Gasteiger partial charge in [0, 0.05) is 79.7 Å². The van der Waals surface area contributed by atoms with Crippen molar-refractivity contribution >= 4 is 130 Å². The fraction of sp³-hybridized carbons (Fsp3) is 0.253. The van der Waals surface area contributed by atoms with Crippen molar-refractivity contribution in [1.29, 1.82) is 0 Å². The van der Waals surface area contributed by atoms with Gasteiger partial charge in [0.15, 0.2) is 12.4 Å². The molecule has 10 rings (SSSR count). The lowest BCUT2D eigenvalue weighted by atomic mass is 9.95. The predicted octanol–water partition coefficient (Wildman–Crippen LogP) is 11.5. The molecule has 15 N–H and O–H groups in total. The second kappa shape index (κ2) is 49.1. The van der Waals surface area contributed by atoms with Crippen molar-refractivity contribution in [3.8, 4) is 11.1 Å². The van der Waals surface area contributed by atoms with Crippen molar-refractivity contribution in [2.75, 3.05) is 73.1 Å². The molecule has 0 atom stereocenters. The Bertz CT molecular complexity index is 5540. The Morgan fingerprint density at radius 1 is 0.455 bits per heavy atom. The Hall–Kier alpha value is -12.9. The first-order valence-electron chi connectivity index (χ1n) is 39.1. The number of aryl methyl sites for hydroxylation is 3. The predicted molar refractivity (Wildman–Crippen MR) is 475 cm³/mol. The van der Waals surface area contributed by atoms with Crippen molar-refractivity contribution in [2.24, 2.45) is 0 Å². The van der Waals surface area contributed by atoms with Crippen LogP contribution in [0.15, 0.2) is 221 Å². The maximum Gasteiger partial charge on any atom is 0.290 e. The lowest BCUT2D eigenvalue weighted by molar-refractivity contribution is -0.684. The third-order valence-corrected chi connectivity index (χ3v) is 23.5. The van der Waals surface area contributed by atoms with E-state index in [0.717, 1.165) is 91.3 Å². The van der Waals surface area contributed by atoms with E-state index < -0.39 is 41.9 Å². The van der Waals surface area contributed by atoms with Crippen molar-refractivity contribution in [1.82, 2.24) is 42.9 Å². The molecule has 0 saturated carbocycles. The minimum absolute atomic E-state index is 0.00923. The van der Waals surface area contributed by atoms with Gasteiger partial charge >= 0.3 is 0 Å². The number of benzene rings is 8. The number of nitrogens with one attached hydrogen (secondary N) is 15. The molecule has 2 heterocycles. The molecule has 36 heteroatoms. The van der Waals surface area contributed by atoms with Crippen molar-refractivity contribution in [2.45, 2.75) is 127 Å². The molecule has 0 bridgehead atoms. The van der Waals surface area contributed by atoms with Gasteiger partial charge in [-0.05, 0) is 233 Å². The molecule has 8 aromatic carbocycles. The second-order valence-corrected chi connectivity index (χ2v) is 33.1. The summed E-state index contributed by atoms with van der Waals surface area (Å²) < 4.78 is 88.7. The van der Waals surface area contributed by atoms with Gasteiger partial charge in [0.2, 0.25) is 31.7 Å². The molecule has 7 amide bonds. The highest BCUT2D eigenvalue weighted by Crippen LogP contribution is 2.35. The Morgan fingerprint density at radius 2 is 0.886 bits per heavy atom. The summed E-state index contributed by atoms with van der Waals surface area (Å²) in [5.41, 5.74) is 32.8. The minimum Gasteiger partial charge on any atom is -0.352 e. The average Bonchev–Trinajstić information content (AvgIpc) is 0.782. The molecular weight excluding hydrogens is 1650 g/mol. The summed E-state index contributed by atoms with van der Waals surface area (Å²) in [6.45, 7) is 13.9. The number of sulfonamides is 3. The van der Waals surface area contributed by atoms with Crippen LogP contribution in [-0.2, 0) is 83.5 Å². The number of nitrogens with zero attached hydrogens (tertiary/aromatic N) is 2. The summed E-state index contributed by atoms with van der Waals surface area (Å²) in [5, 5.41) is 11.3. The van der Waals surface area contributed by atoms with Gasteiger partial charge in [-0.3, -0.25) is 90.1 Å². The van der Waals surface area contributed by atoms with Crippen LogP contribution >= 0.6 is 11.6 Å². The molecule has 32 nitrogen and oxygen atoms in total. The number of amides is 7. The highest BCUT2D eigenvalue weighted by Gasteiger charge is 2.26. The van der Waals surface area contributed by atoms with Crippen LogP contribution in [0.1, 0.15) is 117 Å². The molecule has 0 fully saturated rings. The summed E-state index contributed by atoms with van der Waals surface area (Å²) in [4.78, 5) is 96.3. The van der Waals surface area contributed by atoms with Crippen LogP contribution in [0.2, 0.25) is 0 Å². The van der Waals surface area contributed by atoms with Crippen LogP contribution in [0.4, 0.5) is 45.5 Å². The Kier molecular flexibility index (Phi) is 38.2. The van der Waals surface area contributed by atoms with Crippen molar-refractivity contribution < 1.29 is 73.1 Å². The summed E-state index contributed by atoms with van der Waals surface area (Å²) in [7, 11) is -11.9. The first kappa shape index (κ1) is 95.6. The standard InChI is InChI=1S/C51H58N10O9S2.C19H24N3O2.C17H19ClN4O4S/c1-35-14-24-46(71(66,67)59-44-20-16-42(17-21-44)57-53-33-62)37(3)49(35)40-12-9-11-39(29-40)32-70-55-27-8-6-5-7-26-52-51(65)41-13-10-28-61(30-41)31-48(64)56-50-36(2)15-25-47(38(50)4)72(68,69)60-45-22-18-43(19-23-45)58-54-34-63;23-19(18-11-8-12-20-15-18)21-13-6-1-2-7-14-22-24-16-17-9-4-3-5-10-17;1-11-3-8-15(12(2)17(11)20-16(24)9-18)27(25,26)22-14-6-4-13(5-7-14)21-19-10-23/h9-25,28-30,33-34,55,57-60H,5-8,26-27,31-32H2,1-4H3,(H3-,52,53,54,56,62,63,64,65);3-4,8-12,15,22H,1-2,6-7,13-14,16H2,(H,21,23);3-8,10,21-22H,9H2,1-2H3,(H,19,23)(H,20,24)/q;-1;/p+1. The maximum atomic E-state index is 13.5. The molecular formula is C87H102ClN17O15S3. The zero-order valence-corrected chi connectivity index (χ0v) is 72.0. The van der Waals surface area contributed by atoms with Crippen LogP contribution in [0, 0.1) is 47.6 Å². The highest BCUT2D eigenvalue weighted by molar-refractivity contribution is 7.93. The molecule has 123 heavy (non-hydrogen) atoms. The summed E-state index contributed by atoms with van der Waals surface area (Å²) in [6.07, 6.45) is 15.6. The smallest absolute Gasteiger partial charge is 0.290 e. The molecule has 0 spiro atoms. The van der Waals surface area contributed by atoms with E-state index in [1.165, 1.54) is 12.1 Å². The first-order chi connectivity index (χ1) is 59.2. The van der Waals surface area contributed by atoms with Gasteiger partial charge in [-0.15, -0.1) is 17.2 Å². The number of halogens is 1. The molecule has 0 saturated heterocycles. The average molecular weight is 1760 g/mol. The SMILES string of the molecule is Cc1ccc(S(=O)(=O)Nc2ccc(NNC=O)cc2)c(C)c1NC(=O)CCl.Cc1ccc(S(=O)(=O)Nc2ccc(NNC=O)cc2)c(C)c1NC(=O)C[n+]1cccc(C(=O)NCCCCCCNOCc2cccc(-c3c(C)ccc(S(=O)(=O)Nc4ccc(NNC=O)cc4)c3C)c2)c1.O=C(NCCCCCCNOCc1c[c-]ccc1)c1cccnc1. The number of rotatable bonds is 46. The maximum absolute atomic E-state index is 13.5. The molecule has 0 radical (unpaired) electrons. The second-order valence-electron chi connectivity index (χ2n) is 27.9. The first-order valence-corrected chi connectivity index (χ1v) is 44.1. The Labute approximate surface area is 721 Å². The van der Waals surface area contributed by atoms with E-state index in [1.807, 2.05) is 55.5 Å². The number of pyridine rings is 2. The summed E-state index contributed by atoms with van der Waals surface area (Å²) >= 11 is 5.52. The molecule has 0 aliphatic carbocycles. The molecule has 650 valence electrons. The van der Waals surface area contributed by atoms with E-state index in [2.05, 4.69) is 90.0 Å². The normalized spacial score (nSPS) is 11.0. The summed E-state index contributed by atoms with van der Waals surface area (Å²) in [5.74, 6) is -1.39. The fourth-order valence-electron chi connectivity index (χ4n) is 12.5. The lowest BCUT2D eigenvalue weighted by Crippen LogP contribution is -2.41. The van der Waals surface area contributed by atoms with Gasteiger partial charge in [-0.2, -0.15) is 34.9 Å². The topological polar surface area (TPSA) is 438 Å². The molecule has 0 aliphatic rings. The molecule has 10 aromatic rings. The highest BCUT2D eigenvalue weighted by atomic mass is 35.5. The monoisotopic (exact) mass is 1760 g/mol. The number of hydrogen-bond acceptors (Lipinski definition) is 21. The fourth-order valence-corrected chi connectivity index (χ4v) is 16.5. The Balaban J connectivity index is 0.000000297. The number of aromatic nitrogens is 2.